The van der Waals surface area contributed by atoms with Gasteiger partial charge in [-0.3, -0.25) is 4.90 Å². The number of nitrogens with one attached hydrogen (secondary N) is 1. The van der Waals surface area contributed by atoms with E-state index >= 15 is 0 Å². The van der Waals surface area contributed by atoms with E-state index in [1.807, 2.05) is 24.1 Å². The molecular weight excluding hydrogens is 312 g/mol. The average Bonchev–Trinajstić information content (AvgIpc) is 2.96. The number of carbonyl (C=O) groups excluding carboxylic acids is 1. The van der Waals surface area contributed by atoms with Gasteiger partial charge in [-0.1, -0.05) is 6.92 Å². The van der Waals surface area contributed by atoms with Crippen LogP contribution >= 0.6 is 11.3 Å². The molecule has 0 radical (unpaired) electrons. The Balaban J connectivity index is 1.91. The van der Waals surface area contributed by atoms with Crippen molar-refractivity contribution in [3.8, 4) is 0 Å². The Kier molecular flexibility index (Phi) is 6.00. The summed E-state index contributed by atoms with van der Waals surface area (Å²) in [4.78, 5) is 21.0. The number of β-amino-alcohol motifs (C(OH)–C–C–N with tert-alkyl or cyclic N) is 1. The minimum absolute atomic E-state index is 0.0240. The second kappa shape index (κ2) is 7.59. The number of hydrogen-bond acceptors (Lipinski definition) is 5. The van der Waals surface area contributed by atoms with Crippen molar-refractivity contribution in [3.05, 3.63) is 16.6 Å². The fraction of sp³-hybridized carbons (Fsp3) is 0.750. The maximum Gasteiger partial charge on any atom is 0.318 e. The summed E-state index contributed by atoms with van der Waals surface area (Å²) in [5.74, 6) is 0. The molecule has 1 fully saturated rings. The standard InChI is InChI=1S/C16H28N4O2S/c1-5-13(14-17-6-9-23-14)18-15(21)20-8-7-19(10-12(20)2)11-16(3,4)22/h6,9,12-13,22H,5,7-8,10-11H2,1-4H3,(H,18,21)/t12-,13-/m1/s1. The Labute approximate surface area is 142 Å². The quantitative estimate of drug-likeness (QED) is 0.861. The number of rotatable bonds is 5. The smallest absolute Gasteiger partial charge is 0.318 e. The monoisotopic (exact) mass is 340 g/mol. The molecule has 0 saturated carbocycles. The predicted molar refractivity (Wildman–Crippen MR) is 92.6 cm³/mol. The van der Waals surface area contributed by atoms with Crippen molar-refractivity contribution in [1.29, 1.82) is 0 Å². The van der Waals surface area contributed by atoms with Gasteiger partial charge in [0.05, 0.1) is 11.6 Å². The molecule has 1 saturated heterocycles. The van der Waals surface area contributed by atoms with Crippen LogP contribution in [-0.2, 0) is 0 Å². The van der Waals surface area contributed by atoms with Crippen molar-refractivity contribution in [2.45, 2.75) is 51.8 Å². The Morgan fingerprint density at radius 2 is 2.30 bits per heavy atom. The highest BCUT2D eigenvalue weighted by Gasteiger charge is 2.30. The lowest BCUT2D eigenvalue weighted by Crippen LogP contribution is -2.58. The van der Waals surface area contributed by atoms with E-state index in [1.54, 1.807) is 17.5 Å². The van der Waals surface area contributed by atoms with E-state index in [0.29, 0.717) is 13.1 Å². The third-order valence-corrected chi connectivity index (χ3v) is 4.93. The fourth-order valence-electron chi connectivity index (χ4n) is 3.00. The summed E-state index contributed by atoms with van der Waals surface area (Å²) in [6, 6.07) is 0.0754. The number of amides is 2. The Morgan fingerprint density at radius 1 is 1.57 bits per heavy atom. The molecule has 6 nitrogen and oxygen atoms in total. The van der Waals surface area contributed by atoms with Crippen molar-refractivity contribution in [3.63, 3.8) is 0 Å². The Bertz CT molecular complexity index is 501. The molecule has 130 valence electrons. The first-order chi connectivity index (χ1) is 10.8. The summed E-state index contributed by atoms with van der Waals surface area (Å²) >= 11 is 1.57. The highest BCUT2D eigenvalue weighted by molar-refractivity contribution is 7.09. The van der Waals surface area contributed by atoms with Crippen LogP contribution in [0.4, 0.5) is 4.79 Å². The molecule has 2 rings (SSSR count). The van der Waals surface area contributed by atoms with Gasteiger partial charge >= 0.3 is 6.03 Å². The number of thiazole rings is 1. The number of aliphatic hydroxyl groups is 1. The number of urea groups is 1. The third kappa shape index (κ3) is 5.16. The van der Waals surface area contributed by atoms with Crippen LogP contribution in [0.2, 0.25) is 0 Å². The first kappa shape index (κ1) is 18.2. The molecule has 0 bridgehead atoms. The van der Waals surface area contributed by atoms with Gasteiger partial charge in [0.2, 0.25) is 0 Å². The van der Waals surface area contributed by atoms with Crippen LogP contribution in [0.1, 0.15) is 45.2 Å². The summed E-state index contributed by atoms with van der Waals surface area (Å²) < 4.78 is 0. The van der Waals surface area contributed by atoms with Crippen LogP contribution in [0.5, 0.6) is 0 Å². The zero-order chi connectivity index (χ0) is 17.0. The van der Waals surface area contributed by atoms with Gasteiger partial charge in [-0.05, 0) is 27.2 Å². The van der Waals surface area contributed by atoms with Crippen LogP contribution in [0.3, 0.4) is 0 Å². The van der Waals surface area contributed by atoms with Gasteiger partial charge in [-0.25, -0.2) is 9.78 Å². The molecule has 0 aromatic carbocycles. The molecule has 7 heteroatoms. The zero-order valence-corrected chi connectivity index (χ0v) is 15.3. The van der Waals surface area contributed by atoms with Crippen molar-refractivity contribution in [1.82, 2.24) is 20.1 Å². The summed E-state index contributed by atoms with van der Waals surface area (Å²) in [5, 5.41) is 15.9. The molecule has 1 aliphatic heterocycles. The van der Waals surface area contributed by atoms with Gasteiger partial charge in [-0.15, -0.1) is 11.3 Å². The fourth-order valence-corrected chi connectivity index (χ4v) is 3.78. The highest BCUT2D eigenvalue weighted by atomic mass is 32.1. The first-order valence-corrected chi connectivity index (χ1v) is 9.09. The molecule has 2 atom stereocenters. The molecule has 0 aliphatic carbocycles. The third-order valence-electron chi connectivity index (χ3n) is 4.04. The van der Waals surface area contributed by atoms with E-state index in [9.17, 15) is 9.90 Å². The SMILES string of the molecule is CC[C@@H](NC(=O)N1CCN(CC(C)(C)O)C[C@H]1C)c1nccs1. The van der Waals surface area contributed by atoms with Crippen molar-refractivity contribution < 1.29 is 9.90 Å². The molecule has 1 aliphatic rings. The van der Waals surface area contributed by atoms with E-state index < -0.39 is 5.60 Å². The minimum atomic E-state index is -0.706. The zero-order valence-electron chi connectivity index (χ0n) is 14.5. The van der Waals surface area contributed by atoms with Gasteiger partial charge < -0.3 is 15.3 Å². The summed E-state index contributed by atoms with van der Waals surface area (Å²) in [5.41, 5.74) is -0.706. The maximum absolute atomic E-state index is 12.6. The van der Waals surface area contributed by atoms with Crippen molar-refractivity contribution >= 4 is 17.4 Å². The summed E-state index contributed by atoms with van der Waals surface area (Å²) in [6.45, 7) is 10.6. The molecule has 2 heterocycles. The predicted octanol–water partition coefficient (Wildman–Crippen LogP) is 2.08. The van der Waals surface area contributed by atoms with Gasteiger partial charge in [0.15, 0.2) is 0 Å². The van der Waals surface area contributed by atoms with E-state index in [0.717, 1.165) is 24.5 Å². The normalized spacial score (nSPS) is 21.3. The minimum Gasteiger partial charge on any atom is -0.389 e. The molecule has 2 N–H and O–H groups in total. The molecular formula is C16H28N4O2S. The second-order valence-corrected chi connectivity index (χ2v) is 7.80. The molecule has 23 heavy (non-hydrogen) atoms. The van der Waals surface area contributed by atoms with E-state index in [4.69, 9.17) is 0 Å². The number of aromatic nitrogens is 1. The van der Waals surface area contributed by atoms with Crippen molar-refractivity contribution in [2.75, 3.05) is 26.2 Å². The first-order valence-electron chi connectivity index (χ1n) is 8.21. The van der Waals surface area contributed by atoms with Crippen LogP contribution in [0.25, 0.3) is 0 Å². The van der Waals surface area contributed by atoms with Gasteiger partial charge in [-0.2, -0.15) is 0 Å². The molecule has 1 aromatic heterocycles. The second-order valence-electron chi connectivity index (χ2n) is 6.87. The summed E-state index contributed by atoms with van der Waals surface area (Å²) in [7, 11) is 0. The Hall–Kier alpha value is -1.18. The van der Waals surface area contributed by atoms with E-state index in [2.05, 4.69) is 29.0 Å². The number of carbonyl (C=O) groups is 1. The molecule has 2 amide bonds. The van der Waals surface area contributed by atoms with Crippen LogP contribution in [0, 0.1) is 0 Å². The number of piperazine rings is 1. The number of nitrogens with zero attached hydrogens (tertiary/aromatic N) is 3. The Morgan fingerprint density at radius 3 is 2.83 bits per heavy atom. The average molecular weight is 340 g/mol. The lowest BCUT2D eigenvalue weighted by atomic mass is 10.1. The molecule has 0 unspecified atom stereocenters. The van der Waals surface area contributed by atoms with Crippen molar-refractivity contribution in [2.24, 2.45) is 0 Å². The topological polar surface area (TPSA) is 68.7 Å². The van der Waals surface area contributed by atoms with Gasteiger partial charge in [0, 0.05) is 43.8 Å². The van der Waals surface area contributed by atoms with Gasteiger partial charge in [0.1, 0.15) is 5.01 Å². The molecule has 1 aromatic rings. The largest absolute Gasteiger partial charge is 0.389 e. The van der Waals surface area contributed by atoms with E-state index in [1.165, 1.54) is 0 Å². The lowest BCUT2D eigenvalue weighted by molar-refractivity contribution is 0.0117. The van der Waals surface area contributed by atoms with Gasteiger partial charge in [0.25, 0.3) is 0 Å². The van der Waals surface area contributed by atoms with E-state index in [-0.39, 0.29) is 18.1 Å². The van der Waals surface area contributed by atoms with Crippen LogP contribution < -0.4 is 5.32 Å². The highest BCUT2D eigenvalue weighted by Crippen LogP contribution is 2.20. The maximum atomic E-state index is 12.6. The number of hydrogen-bond donors (Lipinski definition) is 2. The lowest BCUT2D eigenvalue weighted by Gasteiger charge is -2.41. The molecule has 0 spiro atoms. The van der Waals surface area contributed by atoms with Crippen LogP contribution in [0.15, 0.2) is 11.6 Å². The van der Waals surface area contributed by atoms with Crippen LogP contribution in [-0.4, -0.2) is 63.7 Å². The summed E-state index contributed by atoms with van der Waals surface area (Å²) in [6.07, 6.45) is 2.60.